The lowest BCUT2D eigenvalue weighted by Crippen LogP contribution is -2.36. The molecule has 0 aliphatic heterocycles. The van der Waals surface area contributed by atoms with Crippen molar-refractivity contribution in [3.63, 3.8) is 0 Å². The van der Waals surface area contributed by atoms with Crippen molar-refractivity contribution in [3.05, 3.63) is 70.1 Å². The molecule has 38 heavy (non-hydrogen) atoms. The number of hydrogen-bond donors (Lipinski definition) is 2. The number of methoxy groups -OCH3 is 1. The Morgan fingerprint density at radius 1 is 1.03 bits per heavy atom. The van der Waals surface area contributed by atoms with Crippen molar-refractivity contribution in [1.82, 2.24) is 4.31 Å². The van der Waals surface area contributed by atoms with E-state index in [4.69, 9.17) is 4.74 Å². The zero-order valence-corrected chi connectivity index (χ0v) is 23.7. The molecule has 0 radical (unpaired) electrons. The Balaban J connectivity index is 1.63. The number of fused-ring (bicyclic) bond motifs is 1. The normalized spacial score (nSPS) is 13.3. The lowest BCUT2D eigenvalue weighted by molar-refractivity contribution is 0.102. The molecule has 0 atom stereocenters. The molecule has 4 rings (SSSR count). The highest BCUT2D eigenvalue weighted by molar-refractivity contribution is 7.89. The van der Waals surface area contributed by atoms with E-state index in [1.807, 2.05) is 13.8 Å². The molecule has 0 saturated carbocycles. The van der Waals surface area contributed by atoms with Gasteiger partial charge in [-0.25, -0.2) is 8.42 Å². The zero-order chi connectivity index (χ0) is 27.4. The lowest BCUT2D eigenvalue weighted by atomic mass is 9.95. The van der Waals surface area contributed by atoms with Crippen LogP contribution < -0.4 is 15.4 Å². The maximum atomic E-state index is 13.4. The van der Waals surface area contributed by atoms with Crippen LogP contribution in [0.4, 0.5) is 10.7 Å². The number of benzene rings is 2. The number of ether oxygens (including phenoxy) is 1. The topological polar surface area (TPSA) is 105 Å². The Labute approximate surface area is 228 Å². The monoisotopic (exact) mass is 555 g/mol. The molecule has 1 aliphatic rings. The van der Waals surface area contributed by atoms with E-state index in [1.165, 1.54) is 27.8 Å². The minimum absolute atomic E-state index is 0.0589. The molecule has 0 unspecified atom stereocenters. The Kier molecular flexibility index (Phi) is 8.54. The zero-order valence-electron chi connectivity index (χ0n) is 22.0. The summed E-state index contributed by atoms with van der Waals surface area (Å²) in [6.07, 6.45) is 3.63. The summed E-state index contributed by atoms with van der Waals surface area (Å²) in [6, 6.07) is 12.9. The van der Waals surface area contributed by atoms with Crippen molar-refractivity contribution in [3.8, 4) is 5.75 Å². The maximum Gasteiger partial charge on any atom is 0.258 e. The molecule has 0 bridgehead atoms. The van der Waals surface area contributed by atoms with Gasteiger partial charge in [-0.3, -0.25) is 9.59 Å². The van der Waals surface area contributed by atoms with Crippen LogP contribution in [-0.2, 0) is 22.9 Å². The number of amides is 2. The minimum atomic E-state index is -3.76. The summed E-state index contributed by atoms with van der Waals surface area (Å²) < 4.78 is 32.9. The molecule has 3 aromatic rings. The van der Waals surface area contributed by atoms with Gasteiger partial charge in [-0.2, -0.15) is 4.31 Å². The van der Waals surface area contributed by atoms with Gasteiger partial charge < -0.3 is 15.4 Å². The molecule has 202 valence electrons. The van der Waals surface area contributed by atoms with Gasteiger partial charge in [-0.15, -0.1) is 11.3 Å². The van der Waals surface area contributed by atoms with E-state index < -0.39 is 15.9 Å². The SMILES string of the molecule is CCN(C(C)C)S(=O)(=O)c1cccc(C(=O)Nc2sc3c(c2C(=O)Nc2ccc(OC)cc2)CCCC3)c1. The number of thiophene rings is 1. The van der Waals surface area contributed by atoms with E-state index in [2.05, 4.69) is 10.6 Å². The van der Waals surface area contributed by atoms with E-state index in [9.17, 15) is 18.0 Å². The van der Waals surface area contributed by atoms with Crippen LogP contribution in [0.3, 0.4) is 0 Å². The first kappa shape index (κ1) is 27.8. The Hall–Kier alpha value is -3.21. The Morgan fingerprint density at radius 2 is 1.74 bits per heavy atom. The highest BCUT2D eigenvalue weighted by Crippen LogP contribution is 2.39. The first-order valence-electron chi connectivity index (χ1n) is 12.7. The third-order valence-electron chi connectivity index (χ3n) is 6.56. The van der Waals surface area contributed by atoms with Crippen molar-refractivity contribution in [2.75, 3.05) is 24.3 Å². The van der Waals surface area contributed by atoms with Gasteiger partial charge in [0.05, 0.1) is 17.6 Å². The third kappa shape index (κ3) is 5.77. The predicted molar refractivity (Wildman–Crippen MR) is 151 cm³/mol. The summed E-state index contributed by atoms with van der Waals surface area (Å²) in [5.41, 5.74) is 2.26. The quantitative estimate of drug-likeness (QED) is 0.360. The van der Waals surface area contributed by atoms with Gasteiger partial charge in [0.2, 0.25) is 10.0 Å². The average molecular weight is 556 g/mol. The van der Waals surface area contributed by atoms with Gasteiger partial charge in [0.1, 0.15) is 10.8 Å². The number of aryl methyl sites for hydroxylation is 1. The number of carbonyl (C=O) groups is 2. The largest absolute Gasteiger partial charge is 0.497 e. The van der Waals surface area contributed by atoms with Gasteiger partial charge in [-0.05, 0) is 87.6 Å². The van der Waals surface area contributed by atoms with Crippen LogP contribution in [-0.4, -0.2) is 44.2 Å². The molecule has 10 heteroatoms. The molecule has 8 nitrogen and oxygen atoms in total. The molecular weight excluding hydrogens is 522 g/mol. The fourth-order valence-electron chi connectivity index (χ4n) is 4.68. The minimum Gasteiger partial charge on any atom is -0.497 e. The number of anilines is 2. The van der Waals surface area contributed by atoms with Crippen LogP contribution in [0, 0.1) is 0 Å². The number of nitrogens with one attached hydrogen (secondary N) is 2. The fourth-order valence-corrected chi connectivity index (χ4v) is 7.66. The lowest BCUT2D eigenvalue weighted by Gasteiger charge is -2.24. The molecule has 2 aromatic carbocycles. The van der Waals surface area contributed by atoms with E-state index >= 15 is 0 Å². The van der Waals surface area contributed by atoms with Crippen molar-refractivity contribution < 1.29 is 22.7 Å². The number of carbonyl (C=O) groups excluding carboxylic acids is 2. The Morgan fingerprint density at radius 3 is 2.39 bits per heavy atom. The third-order valence-corrected chi connectivity index (χ3v) is 9.92. The van der Waals surface area contributed by atoms with Crippen LogP contribution >= 0.6 is 11.3 Å². The second-order valence-electron chi connectivity index (χ2n) is 9.38. The second-order valence-corrected chi connectivity index (χ2v) is 12.4. The highest BCUT2D eigenvalue weighted by atomic mass is 32.2. The number of sulfonamides is 1. The van der Waals surface area contributed by atoms with Crippen LogP contribution in [0.25, 0.3) is 0 Å². The first-order chi connectivity index (χ1) is 18.1. The van der Waals surface area contributed by atoms with Gasteiger partial charge in [-0.1, -0.05) is 13.0 Å². The second kappa shape index (κ2) is 11.7. The molecule has 0 saturated heterocycles. The summed E-state index contributed by atoms with van der Waals surface area (Å²) in [7, 11) is -2.18. The number of hydrogen-bond acceptors (Lipinski definition) is 6. The van der Waals surface area contributed by atoms with E-state index in [1.54, 1.807) is 50.4 Å². The summed E-state index contributed by atoms with van der Waals surface area (Å²) in [5.74, 6) is -0.0768. The summed E-state index contributed by atoms with van der Waals surface area (Å²) in [5, 5.41) is 6.31. The molecule has 2 N–H and O–H groups in total. The summed E-state index contributed by atoms with van der Waals surface area (Å²) >= 11 is 1.41. The fraction of sp³-hybridized carbons (Fsp3) is 0.357. The van der Waals surface area contributed by atoms with Crippen LogP contribution in [0.5, 0.6) is 5.75 Å². The van der Waals surface area contributed by atoms with Crippen molar-refractivity contribution in [2.24, 2.45) is 0 Å². The van der Waals surface area contributed by atoms with Crippen molar-refractivity contribution in [1.29, 1.82) is 0 Å². The average Bonchev–Trinajstić information content (AvgIpc) is 3.27. The maximum absolute atomic E-state index is 13.4. The van der Waals surface area contributed by atoms with Crippen LogP contribution in [0.15, 0.2) is 53.4 Å². The summed E-state index contributed by atoms with van der Waals surface area (Å²) in [6.45, 7) is 5.73. The summed E-state index contributed by atoms with van der Waals surface area (Å²) in [4.78, 5) is 27.9. The van der Waals surface area contributed by atoms with E-state index in [-0.39, 0.29) is 22.4 Å². The van der Waals surface area contributed by atoms with E-state index in [0.29, 0.717) is 28.5 Å². The van der Waals surface area contributed by atoms with Crippen molar-refractivity contribution >= 4 is 43.9 Å². The van der Waals surface area contributed by atoms with Crippen LogP contribution in [0.2, 0.25) is 0 Å². The first-order valence-corrected chi connectivity index (χ1v) is 14.9. The predicted octanol–water partition coefficient (Wildman–Crippen LogP) is 5.56. The van der Waals surface area contributed by atoms with E-state index in [0.717, 1.165) is 36.1 Å². The number of nitrogens with zero attached hydrogens (tertiary/aromatic N) is 1. The van der Waals surface area contributed by atoms with Gasteiger partial charge in [0.25, 0.3) is 11.8 Å². The van der Waals surface area contributed by atoms with Gasteiger partial charge in [0, 0.05) is 28.7 Å². The molecular formula is C28H33N3O5S2. The van der Waals surface area contributed by atoms with Gasteiger partial charge in [0.15, 0.2) is 0 Å². The molecule has 1 aromatic heterocycles. The Bertz CT molecular complexity index is 1430. The van der Waals surface area contributed by atoms with Crippen molar-refractivity contribution in [2.45, 2.75) is 57.4 Å². The van der Waals surface area contributed by atoms with Crippen LogP contribution in [0.1, 0.15) is 64.8 Å². The standard InChI is InChI=1S/C28H33N3O5S2/c1-5-31(18(2)3)38(34,35)22-10-8-9-19(17-22)26(32)30-28-25(23-11-6-7-12-24(23)37-28)27(33)29-20-13-15-21(36-4)16-14-20/h8-10,13-18H,5-7,11-12H2,1-4H3,(H,29,33)(H,30,32). The smallest absolute Gasteiger partial charge is 0.258 e. The molecule has 2 amide bonds. The highest BCUT2D eigenvalue weighted by Gasteiger charge is 2.28. The molecule has 1 heterocycles. The molecule has 1 aliphatic carbocycles. The van der Waals surface area contributed by atoms with Gasteiger partial charge >= 0.3 is 0 Å². The molecule has 0 fully saturated rings. The molecule has 0 spiro atoms. The number of rotatable bonds is 9.